The third kappa shape index (κ3) is 48.3. The van der Waals surface area contributed by atoms with E-state index in [0.29, 0.717) is 138 Å². The first-order valence-corrected chi connectivity index (χ1v) is 50.8. The number of aromatic nitrogens is 1. The minimum Gasteiger partial charge on any atom is -0.493 e. The first kappa shape index (κ1) is 130. The van der Waals surface area contributed by atoms with E-state index in [1.54, 1.807) is 85.9 Å². The maximum Gasteiger partial charge on any atom is 0.341 e. The molecule has 35 heteroatoms. The average Bonchev–Trinajstić information content (AvgIpc) is 0.818. The Hall–Kier alpha value is -10.3. The Labute approximate surface area is 909 Å². The number of nitro benzene ring substituents is 1. The fourth-order valence-corrected chi connectivity index (χ4v) is 18.0. The fraction of sp³-hybridized carbons (Fsp3) is 0.469. The molecule has 0 unspecified atom stereocenters. The van der Waals surface area contributed by atoms with Gasteiger partial charge in [0.05, 0.1) is 61.9 Å². The second-order valence-electron chi connectivity index (χ2n) is 37.2. The molecule has 8 aromatic carbocycles. The number of nitrogens with one attached hydrogen (secondary N) is 9. The number of rotatable bonds is 32. The predicted molar refractivity (Wildman–Crippen MR) is 597 cm³/mol. The summed E-state index contributed by atoms with van der Waals surface area (Å²) in [7, 11) is 1.38. The van der Waals surface area contributed by atoms with Gasteiger partial charge in [0.15, 0.2) is 11.5 Å². The Morgan fingerprint density at radius 3 is 1.15 bits per heavy atom. The number of nitro groups is 1. The molecule has 0 saturated carbocycles. The maximum absolute atomic E-state index is 13.4. The summed E-state index contributed by atoms with van der Waals surface area (Å²) >= 11 is 0. The van der Waals surface area contributed by atoms with Crippen molar-refractivity contribution in [1.29, 1.82) is 0 Å². The summed E-state index contributed by atoms with van der Waals surface area (Å²) < 4.78 is 60.1. The number of carbonyl (C=O) groups is 7. The second kappa shape index (κ2) is 75.4. The highest BCUT2D eigenvalue weighted by atomic mass is 35.5. The molecule has 2 amide bonds. The summed E-state index contributed by atoms with van der Waals surface area (Å²) in [5.41, 5.74) is 12.2. The highest BCUT2D eigenvalue weighted by Crippen LogP contribution is 2.32. The molecule has 17 rings (SSSR count). The SMILES string of the molecule is CC(=O)Nc1ccccc1OCC1CCNCC1.CC(=O)c1ccccc1OCC1CCNCC1.COC(=O)c1ccccc1OCC1CCNCC1.Cl.Cl.Cl.Cl.Cl.Cl.NC(=O)c1ccccc1OCC1CCNCC1.O=C(CCc1ccccc1F)C1CCNCC1.O=C(Cc1ccccc1-c1cccnc1)C1CCNCC1.O=C(Cc1ccccc1F)CC1CCNCC1.O=[N+]([O-])c1ccccc1OCC1CCNCC1. The van der Waals surface area contributed by atoms with Gasteiger partial charge >= 0.3 is 11.7 Å². The number of anilines is 1. The van der Waals surface area contributed by atoms with E-state index >= 15 is 0 Å². The first-order chi connectivity index (χ1) is 69.2. The van der Waals surface area contributed by atoms with E-state index in [0.717, 1.165) is 248 Å². The molecule has 8 aliphatic heterocycles. The van der Waals surface area contributed by atoms with Gasteiger partial charge in [0.2, 0.25) is 5.91 Å². The Kier molecular flexibility index (Phi) is 66.2. The fourth-order valence-electron chi connectivity index (χ4n) is 18.0. The van der Waals surface area contributed by atoms with Crippen LogP contribution in [0.25, 0.3) is 11.1 Å². The van der Waals surface area contributed by atoms with Crippen LogP contribution >= 0.6 is 74.4 Å². The number of Topliss-reactive ketones (excluding diaryl/α,β-unsaturated/α-hetero) is 4. The number of methoxy groups -OCH3 is 1. The minimum absolute atomic E-state index is 0. The van der Waals surface area contributed by atoms with Crippen LogP contribution in [0.3, 0.4) is 0 Å². The molecule has 0 bridgehead atoms. The van der Waals surface area contributed by atoms with Crippen molar-refractivity contribution in [3.05, 3.63) is 274 Å². The van der Waals surface area contributed by atoms with Crippen molar-refractivity contribution in [2.24, 2.45) is 53.1 Å². The Morgan fingerprint density at radius 2 is 0.730 bits per heavy atom. The molecule has 148 heavy (non-hydrogen) atoms. The summed E-state index contributed by atoms with van der Waals surface area (Å²) in [5.74, 6) is 6.31. The number of esters is 1. The van der Waals surface area contributed by atoms with Crippen LogP contribution in [0.5, 0.6) is 28.7 Å². The number of ether oxygens (including phenoxy) is 6. The molecule has 0 radical (unpaired) electrons. The zero-order valence-electron chi connectivity index (χ0n) is 85.4. The van der Waals surface area contributed by atoms with E-state index in [-0.39, 0.29) is 139 Å². The van der Waals surface area contributed by atoms with Gasteiger partial charge in [-0.1, -0.05) is 127 Å². The summed E-state index contributed by atoms with van der Waals surface area (Å²) in [4.78, 5) is 96.1. The van der Waals surface area contributed by atoms with Gasteiger partial charge < -0.3 is 82.0 Å². The summed E-state index contributed by atoms with van der Waals surface area (Å²) in [6, 6.07) is 61.2. The number of benzene rings is 8. The Bertz CT molecular complexity index is 5120. The summed E-state index contributed by atoms with van der Waals surface area (Å²) in [6.07, 6.45) is 23.1. The lowest BCUT2D eigenvalue weighted by Crippen LogP contribution is -2.32. The van der Waals surface area contributed by atoms with Crippen molar-refractivity contribution in [3.63, 3.8) is 0 Å². The molecule has 8 saturated heterocycles. The van der Waals surface area contributed by atoms with Gasteiger partial charge in [-0.15, -0.1) is 74.4 Å². The molecule has 0 spiro atoms. The standard InChI is InChI=1S/C18H20N2O.2C14H18FNO.C14H20N2O2.C14H19NO3.C14H19NO2.C13H18N2O2.C12H16N2O3.6ClH/c21-18(14-7-10-19-11-8-14)12-15-4-1-2-6-17(15)16-5-3-9-20-13-16;15-14-4-2-1-3-12(14)10-13(17)9-11-5-7-16-8-6-11;15-13-4-2-1-3-11(13)5-6-14(17)12-7-9-16-10-8-12;1-11(17)16-13-4-2-3-5-14(13)18-10-12-6-8-15-9-7-12;1-17-14(16)12-4-2-3-5-13(12)18-10-11-6-8-15-9-7-11;1-11(16)13-4-2-3-5-14(13)17-10-12-6-8-15-9-7-12;14-13(16)11-3-1-2-4-12(11)17-9-10-5-7-15-8-6-10;15-14(16)11-3-1-2-4-12(11)17-9-10-5-7-13-8-6-10;;;;;;/h1-6,9,13-14,19H,7-8,10-12H2;1-4,11,16H,5-10H2;1-4,12,16H,5-10H2;2-5,12,15H,6-10H2,1H3,(H,16,17);2-5,11,15H,6-10H2,1H3;2-5,12,15H,6-10H2,1H3;1-4,10,15H,5-9H2,(H2,14,16);1-4,10,13H,5-9H2;6*1H. The zero-order chi connectivity index (χ0) is 101. The van der Waals surface area contributed by atoms with Crippen molar-refractivity contribution in [2.45, 2.75) is 149 Å². The van der Waals surface area contributed by atoms with Crippen LogP contribution in [-0.4, -0.2) is 196 Å². The van der Waals surface area contributed by atoms with Gasteiger partial charge in [-0.3, -0.25) is 43.9 Å². The van der Waals surface area contributed by atoms with E-state index in [1.807, 2.05) is 109 Å². The number of amides is 2. The van der Waals surface area contributed by atoms with Gasteiger partial charge in [0.25, 0.3) is 5.91 Å². The first-order valence-electron chi connectivity index (χ1n) is 50.8. The van der Waals surface area contributed by atoms with Gasteiger partial charge in [-0.25, -0.2) is 13.6 Å². The third-order valence-corrected chi connectivity index (χ3v) is 26.5. The number of hydrogen-bond donors (Lipinski definition) is 10. The van der Waals surface area contributed by atoms with E-state index in [9.17, 15) is 52.5 Å². The molecule has 1 aromatic heterocycles. The lowest BCUT2D eigenvalue weighted by atomic mass is 9.88. The molecular formula is C113H154Cl6F2N12O15. The van der Waals surface area contributed by atoms with Crippen molar-refractivity contribution in [2.75, 3.05) is 150 Å². The topological polar surface area (TPSA) is 365 Å². The number of nitrogens with zero attached hydrogens (tertiary/aromatic N) is 2. The van der Waals surface area contributed by atoms with Crippen LogP contribution < -0.4 is 77.3 Å². The number of aryl methyl sites for hydroxylation is 1. The van der Waals surface area contributed by atoms with E-state index < -0.39 is 10.8 Å². The molecule has 0 aliphatic carbocycles. The molecule has 8 fully saturated rings. The molecule has 812 valence electrons. The van der Waals surface area contributed by atoms with E-state index in [2.05, 4.69) is 65.0 Å². The molecule has 27 nitrogen and oxygen atoms in total. The van der Waals surface area contributed by atoms with Crippen LogP contribution in [0.15, 0.2) is 219 Å². The van der Waals surface area contributed by atoms with Crippen molar-refractivity contribution < 1.29 is 75.7 Å². The number of piperidine rings is 8. The lowest BCUT2D eigenvalue weighted by molar-refractivity contribution is -0.385. The van der Waals surface area contributed by atoms with Gasteiger partial charge in [0.1, 0.15) is 57.5 Å². The number of primary amides is 1. The molecule has 9 heterocycles. The van der Waals surface area contributed by atoms with Gasteiger partial charge in [-0.05, 0) is 351 Å². The number of nitrogens with two attached hydrogens (primary N) is 1. The van der Waals surface area contributed by atoms with E-state index in [4.69, 9.17) is 34.2 Å². The number of carbonyl (C=O) groups excluding carboxylic acids is 7. The highest BCUT2D eigenvalue weighted by Gasteiger charge is 2.27. The normalized spacial score (nSPS) is 15.9. The predicted octanol–water partition coefficient (Wildman–Crippen LogP) is 19.3. The van der Waals surface area contributed by atoms with Crippen molar-refractivity contribution in [1.82, 2.24) is 47.5 Å². The Balaban J connectivity index is 0.000000350. The van der Waals surface area contributed by atoms with Crippen LogP contribution in [0, 0.1) is 69.1 Å². The number of ketones is 4. The van der Waals surface area contributed by atoms with Crippen LogP contribution in [0.4, 0.5) is 20.2 Å². The number of pyridine rings is 1. The van der Waals surface area contributed by atoms with Crippen molar-refractivity contribution >= 4 is 127 Å². The summed E-state index contributed by atoms with van der Waals surface area (Å²) in [5, 5.41) is 40.0. The molecule has 11 N–H and O–H groups in total. The zero-order valence-corrected chi connectivity index (χ0v) is 90.3. The summed E-state index contributed by atoms with van der Waals surface area (Å²) in [6.45, 7) is 22.7. The van der Waals surface area contributed by atoms with Crippen LogP contribution in [0.1, 0.15) is 177 Å². The molecular weight excluding hydrogens is 2020 g/mol. The van der Waals surface area contributed by atoms with Crippen LogP contribution in [0.2, 0.25) is 0 Å². The maximum atomic E-state index is 13.4. The largest absolute Gasteiger partial charge is 0.493 e. The van der Waals surface area contributed by atoms with Crippen molar-refractivity contribution in [3.8, 4) is 39.9 Å². The minimum atomic E-state index is -0.439. The highest BCUT2D eigenvalue weighted by molar-refractivity contribution is 5.97. The number of halogens is 8. The Morgan fingerprint density at radius 1 is 0.385 bits per heavy atom. The number of para-hydroxylation sites is 7. The monoisotopic (exact) mass is 2170 g/mol. The molecule has 0 atom stereocenters. The van der Waals surface area contributed by atoms with E-state index in [1.165, 1.54) is 32.2 Å². The average molecular weight is 2170 g/mol. The number of hydrogen-bond acceptors (Lipinski definition) is 24. The van der Waals surface area contributed by atoms with Gasteiger partial charge in [0, 0.05) is 68.5 Å². The quantitative estimate of drug-likeness (QED) is 0.00810. The molecule has 8 aliphatic rings. The molecule has 9 aromatic rings. The van der Waals surface area contributed by atoms with Gasteiger partial charge in [-0.2, -0.15) is 0 Å². The van der Waals surface area contributed by atoms with Crippen LogP contribution in [-0.2, 0) is 43.2 Å². The smallest absolute Gasteiger partial charge is 0.341 e. The lowest BCUT2D eigenvalue weighted by Gasteiger charge is -2.23. The third-order valence-electron chi connectivity index (χ3n) is 26.5. The second-order valence-corrected chi connectivity index (χ2v) is 37.2.